The van der Waals surface area contributed by atoms with Crippen LogP contribution >= 0.6 is 0 Å². The van der Waals surface area contributed by atoms with Crippen LogP contribution in [-0.4, -0.2) is 78.9 Å². The largest absolute Gasteiger partial charge is 0.384 e. The van der Waals surface area contributed by atoms with Crippen molar-refractivity contribution in [1.82, 2.24) is 25.7 Å². The first kappa shape index (κ1) is 24.2. The number of rotatable bonds is 8. The fourth-order valence-corrected chi connectivity index (χ4v) is 3.89. The average Bonchev–Trinajstić information content (AvgIpc) is 3.36. The molecule has 1 aliphatic heterocycles. The summed E-state index contributed by atoms with van der Waals surface area (Å²) in [5.41, 5.74) is 3.23. The van der Waals surface area contributed by atoms with Crippen molar-refractivity contribution in [2.75, 3.05) is 44.8 Å². The summed E-state index contributed by atoms with van der Waals surface area (Å²) in [6.07, 6.45) is 3.76. The van der Waals surface area contributed by atoms with Crippen molar-refractivity contribution in [2.24, 2.45) is 5.92 Å². The Hall–Kier alpha value is -3.40. The van der Waals surface area contributed by atoms with Gasteiger partial charge in [0, 0.05) is 56.8 Å². The minimum absolute atomic E-state index is 0.0142. The van der Waals surface area contributed by atoms with Crippen molar-refractivity contribution in [3.05, 3.63) is 36.7 Å². The van der Waals surface area contributed by atoms with Crippen LogP contribution in [-0.2, 0) is 14.3 Å². The quantitative estimate of drug-likeness (QED) is 0.555. The number of methoxy groups -OCH3 is 1. The number of nitrogens with one attached hydrogen (secondary N) is 3. The molecule has 33 heavy (non-hydrogen) atoms. The summed E-state index contributed by atoms with van der Waals surface area (Å²) in [6, 6.07) is 7.83. The predicted molar refractivity (Wildman–Crippen MR) is 125 cm³/mol. The van der Waals surface area contributed by atoms with E-state index < -0.39 is 17.9 Å². The maximum atomic E-state index is 12.9. The Labute approximate surface area is 193 Å². The topological polar surface area (TPSA) is 120 Å². The Kier molecular flexibility index (Phi) is 8.42. The van der Waals surface area contributed by atoms with Gasteiger partial charge in [0.25, 0.3) is 0 Å². The number of ether oxygens (including phenoxy) is 1. The number of hydrogen-bond donors (Lipinski definition) is 3. The molecule has 2 atom stereocenters. The van der Waals surface area contributed by atoms with Crippen LogP contribution in [0, 0.1) is 5.92 Å². The number of aromatic nitrogens is 2. The zero-order valence-corrected chi connectivity index (χ0v) is 19.3. The van der Waals surface area contributed by atoms with E-state index in [0.717, 1.165) is 23.4 Å². The van der Waals surface area contributed by atoms with Gasteiger partial charge < -0.3 is 19.9 Å². The van der Waals surface area contributed by atoms with Gasteiger partial charge in [-0.15, -0.1) is 0 Å². The van der Waals surface area contributed by atoms with E-state index in [1.165, 1.54) is 7.11 Å². The number of carbonyl (C=O) groups is 3. The molecule has 0 saturated carbocycles. The van der Waals surface area contributed by atoms with E-state index in [0.29, 0.717) is 13.1 Å². The number of hydrogen-bond acceptors (Lipinski definition) is 6. The fourth-order valence-electron chi connectivity index (χ4n) is 3.89. The predicted octanol–water partition coefficient (Wildman–Crippen LogP) is 1.61. The van der Waals surface area contributed by atoms with Crippen LogP contribution in [0.25, 0.3) is 11.1 Å². The second kappa shape index (κ2) is 11.5. The molecular weight excluding hydrogens is 424 g/mol. The molecule has 2 heterocycles. The Bertz CT molecular complexity index is 948. The lowest BCUT2D eigenvalue weighted by Crippen LogP contribution is -2.55. The van der Waals surface area contributed by atoms with Crippen molar-refractivity contribution < 1.29 is 19.1 Å². The molecule has 0 radical (unpaired) electrons. The lowest BCUT2D eigenvalue weighted by atomic mass is 10.1. The van der Waals surface area contributed by atoms with Gasteiger partial charge >= 0.3 is 6.03 Å². The zero-order valence-electron chi connectivity index (χ0n) is 19.3. The molecule has 178 valence electrons. The molecular formula is C23H32N6O4. The van der Waals surface area contributed by atoms with Gasteiger partial charge in [-0.3, -0.25) is 20.0 Å². The van der Waals surface area contributed by atoms with Gasteiger partial charge in [-0.2, -0.15) is 5.10 Å². The van der Waals surface area contributed by atoms with Crippen LogP contribution in [0.5, 0.6) is 0 Å². The van der Waals surface area contributed by atoms with Crippen LogP contribution in [0.3, 0.4) is 0 Å². The third-order valence-corrected chi connectivity index (χ3v) is 5.73. The lowest BCUT2D eigenvalue weighted by Gasteiger charge is -2.42. The first-order chi connectivity index (χ1) is 15.9. The van der Waals surface area contributed by atoms with Crippen molar-refractivity contribution in [3.8, 4) is 11.1 Å². The van der Waals surface area contributed by atoms with Crippen molar-refractivity contribution >= 4 is 23.5 Å². The maximum absolute atomic E-state index is 12.9. The molecule has 10 nitrogen and oxygen atoms in total. The van der Waals surface area contributed by atoms with Crippen LogP contribution in [0.15, 0.2) is 36.7 Å². The molecule has 0 aliphatic carbocycles. The second-order valence-corrected chi connectivity index (χ2v) is 8.27. The molecule has 1 aromatic carbocycles. The summed E-state index contributed by atoms with van der Waals surface area (Å²) in [5.74, 6) is -0.831. The van der Waals surface area contributed by atoms with Gasteiger partial charge in [-0.25, -0.2) is 4.79 Å². The summed E-state index contributed by atoms with van der Waals surface area (Å²) >= 11 is 0. The number of H-pyrrole nitrogens is 1. The minimum atomic E-state index is -0.605. The third-order valence-electron chi connectivity index (χ3n) is 5.73. The van der Waals surface area contributed by atoms with E-state index in [2.05, 4.69) is 50.9 Å². The third kappa shape index (κ3) is 6.55. The van der Waals surface area contributed by atoms with Crippen molar-refractivity contribution in [2.45, 2.75) is 26.3 Å². The van der Waals surface area contributed by atoms with Crippen LogP contribution in [0.1, 0.15) is 20.3 Å². The highest BCUT2D eigenvalue weighted by molar-refractivity contribution is 5.94. The van der Waals surface area contributed by atoms with E-state index in [4.69, 9.17) is 4.74 Å². The number of benzene rings is 1. The van der Waals surface area contributed by atoms with E-state index in [1.54, 1.807) is 13.1 Å². The number of amides is 4. The molecule has 2 aromatic rings. The minimum Gasteiger partial charge on any atom is -0.384 e. The molecule has 1 saturated heterocycles. The smallest absolute Gasteiger partial charge is 0.321 e. The Morgan fingerprint density at radius 3 is 2.79 bits per heavy atom. The summed E-state index contributed by atoms with van der Waals surface area (Å²) in [6.45, 7) is 6.20. The van der Waals surface area contributed by atoms with Gasteiger partial charge in [-0.1, -0.05) is 19.1 Å². The highest BCUT2D eigenvalue weighted by Crippen LogP contribution is 2.27. The van der Waals surface area contributed by atoms with Gasteiger partial charge in [0.2, 0.25) is 11.8 Å². The monoisotopic (exact) mass is 456 g/mol. The van der Waals surface area contributed by atoms with Gasteiger partial charge in [0.05, 0.1) is 25.1 Å². The average molecular weight is 457 g/mol. The van der Waals surface area contributed by atoms with Crippen molar-refractivity contribution in [3.63, 3.8) is 0 Å². The number of aromatic amines is 1. The number of piperazine rings is 1. The molecule has 0 bridgehead atoms. The van der Waals surface area contributed by atoms with Gasteiger partial charge in [0.1, 0.15) is 0 Å². The van der Waals surface area contributed by atoms with E-state index in [-0.39, 0.29) is 31.5 Å². The molecule has 1 aliphatic rings. The van der Waals surface area contributed by atoms with E-state index in [9.17, 15) is 14.4 Å². The highest BCUT2D eigenvalue weighted by atomic mass is 16.5. The van der Waals surface area contributed by atoms with Crippen LogP contribution in [0.2, 0.25) is 0 Å². The molecule has 1 aromatic heterocycles. The van der Waals surface area contributed by atoms with E-state index in [1.807, 2.05) is 17.2 Å². The lowest BCUT2D eigenvalue weighted by molar-refractivity contribution is -0.135. The SMILES string of the molecule is COCCC(=O)NC(=O)NC[C@H](C)C(=O)N1CCN(c2cccc(-c3cn[nH]c3)c2)[C@@H](C)C1. The van der Waals surface area contributed by atoms with Crippen LogP contribution in [0.4, 0.5) is 10.5 Å². The molecule has 10 heteroatoms. The first-order valence-corrected chi connectivity index (χ1v) is 11.1. The second-order valence-electron chi connectivity index (χ2n) is 8.27. The fraction of sp³-hybridized carbons (Fsp3) is 0.478. The number of anilines is 1. The summed E-state index contributed by atoms with van der Waals surface area (Å²) in [4.78, 5) is 40.5. The first-order valence-electron chi connectivity index (χ1n) is 11.1. The zero-order chi connectivity index (χ0) is 23.8. The number of carbonyl (C=O) groups excluding carboxylic acids is 3. The number of nitrogens with zero attached hydrogens (tertiary/aromatic N) is 3. The maximum Gasteiger partial charge on any atom is 0.321 e. The van der Waals surface area contributed by atoms with Gasteiger partial charge in [-0.05, 0) is 24.6 Å². The highest BCUT2D eigenvalue weighted by Gasteiger charge is 2.29. The van der Waals surface area contributed by atoms with Crippen LogP contribution < -0.4 is 15.5 Å². The normalized spacial score (nSPS) is 16.9. The van der Waals surface area contributed by atoms with Gasteiger partial charge in [0.15, 0.2) is 0 Å². The molecule has 3 rings (SSSR count). The number of urea groups is 1. The summed E-state index contributed by atoms with van der Waals surface area (Å²) in [7, 11) is 1.49. The Morgan fingerprint density at radius 2 is 2.09 bits per heavy atom. The summed E-state index contributed by atoms with van der Waals surface area (Å²) in [5, 5.41) is 11.7. The molecule has 4 amide bonds. The number of imide groups is 1. The molecule has 1 fully saturated rings. The van der Waals surface area contributed by atoms with Crippen molar-refractivity contribution in [1.29, 1.82) is 0 Å². The summed E-state index contributed by atoms with van der Waals surface area (Å²) < 4.78 is 4.81. The Balaban J connectivity index is 1.50. The molecule has 0 unspecified atom stereocenters. The molecule has 0 spiro atoms. The van der Waals surface area contributed by atoms with E-state index >= 15 is 0 Å². The Morgan fingerprint density at radius 1 is 1.27 bits per heavy atom. The molecule has 3 N–H and O–H groups in total. The standard InChI is InChI=1S/C23H32N6O4/c1-16(12-24-23(32)27-21(30)7-10-33-3)22(31)28-8-9-29(17(2)15-28)20-6-4-5-18(11-20)19-13-25-26-14-19/h4-6,11,13-14,16-17H,7-10,12,15H2,1-3H3,(H,25,26)(H2,24,27,30,32)/t16-,17-/m0/s1.